The molecule has 0 atom stereocenters. The smallest absolute Gasteiger partial charge is 0.336 e. The summed E-state index contributed by atoms with van der Waals surface area (Å²) in [4.78, 5) is 42.5. The van der Waals surface area contributed by atoms with Gasteiger partial charge in [-0.15, -0.1) is 11.3 Å². The number of para-hydroxylation sites is 1. The number of carbonyl (C=O) groups excluding carboxylic acids is 2. The Morgan fingerprint density at radius 1 is 0.911 bits per heavy atom. The van der Waals surface area contributed by atoms with E-state index in [4.69, 9.17) is 24.3 Å². The Balaban J connectivity index is 1.47. The van der Waals surface area contributed by atoms with Gasteiger partial charge < -0.3 is 24.7 Å². The molecule has 1 fully saturated rings. The number of fused-ring (bicyclic) bond motifs is 1. The van der Waals surface area contributed by atoms with Crippen LogP contribution in [-0.2, 0) is 14.3 Å². The van der Waals surface area contributed by atoms with Crippen LogP contribution in [0.5, 0.6) is 11.5 Å². The second-order valence-corrected chi connectivity index (χ2v) is 15.4. The molecule has 0 bridgehead atoms. The normalized spacial score (nSPS) is 15.6. The second kappa shape index (κ2) is 21.9. The molecule has 1 aromatic heterocycles. The zero-order valence-electron chi connectivity index (χ0n) is 32.7. The molecule has 1 aliphatic rings. The molecule has 0 spiro atoms. The number of carboxylic acid groups (broad SMARTS) is 1. The highest BCUT2D eigenvalue weighted by Crippen LogP contribution is 2.36. The molecule has 0 aliphatic heterocycles. The summed E-state index contributed by atoms with van der Waals surface area (Å²) in [5, 5.41) is 15.9. The lowest BCUT2D eigenvalue weighted by Gasteiger charge is -2.26. The van der Waals surface area contributed by atoms with Gasteiger partial charge in [0.25, 0.3) is 0 Å². The summed E-state index contributed by atoms with van der Waals surface area (Å²) < 4.78 is 18.4. The number of ether oxygens (including phenoxy) is 3. The molecule has 1 saturated carbocycles. The summed E-state index contributed by atoms with van der Waals surface area (Å²) in [6.07, 6.45) is 13.5. The van der Waals surface area contributed by atoms with E-state index in [0.29, 0.717) is 64.6 Å². The van der Waals surface area contributed by atoms with Crippen molar-refractivity contribution < 1.29 is 33.7 Å². The molecular weight excluding hydrogens is 727 g/mol. The van der Waals surface area contributed by atoms with Crippen molar-refractivity contribution in [3.63, 3.8) is 0 Å². The fourth-order valence-corrected chi connectivity index (χ4v) is 7.92. The molecule has 1 aliphatic carbocycles. The second-order valence-electron chi connectivity index (χ2n) is 14.3. The first kappa shape index (κ1) is 42.1. The van der Waals surface area contributed by atoms with E-state index in [9.17, 15) is 19.5 Å². The molecule has 11 heteroatoms. The van der Waals surface area contributed by atoms with Crippen molar-refractivity contribution in [2.75, 3.05) is 19.8 Å². The summed E-state index contributed by atoms with van der Waals surface area (Å²) in [6, 6.07) is 18.3. The molecule has 0 amide bonds. The average molecular weight is 782 g/mol. The Hall–Kier alpha value is -5.03. The number of esters is 2. The van der Waals surface area contributed by atoms with Gasteiger partial charge in [0.2, 0.25) is 0 Å². The van der Waals surface area contributed by atoms with Crippen LogP contribution in [0.3, 0.4) is 0 Å². The molecule has 0 unspecified atom stereocenters. The Bertz CT molecular complexity index is 1930. The van der Waals surface area contributed by atoms with Crippen molar-refractivity contribution in [1.29, 1.82) is 0 Å². The molecule has 4 aromatic rings. The molecule has 1 heterocycles. The van der Waals surface area contributed by atoms with Crippen LogP contribution >= 0.6 is 11.3 Å². The minimum atomic E-state index is -1.07. The highest BCUT2D eigenvalue weighted by molar-refractivity contribution is 7.20. The maximum Gasteiger partial charge on any atom is 0.336 e. The third-order valence-electron chi connectivity index (χ3n) is 10.3. The maximum absolute atomic E-state index is 13.7. The van der Waals surface area contributed by atoms with Crippen LogP contribution in [0.25, 0.3) is 21.3 Å². The van der Waals surface area contributed by atoms with Gasteiger partial charge in [-0.05, 0) is 117 Å². The van der Waals surface area contributed by atoms with Crippen LogP contribution in [0.15, 0.2) is 78.4 Å². The SMILES string of the molecule is C=CC(=O)OCCCCCCOc1ccc(C(=O)O)c(-c2ccc(OC(=O)C3CCC(CC)CC3)c(C(=NNCCCCCC)c3nc4ccccc4s3)c2)c1. The van der Waals surface area contributed by atoms with Crippen LogP contribution < -0.4 is 14.9 Å². The molecule has 56 heavy (non-hydrogen) atoms. The number of unbranched alkanes of at least 4 members (excludes halogenated alkanes) is 6. The van der Waals surface area contributed by atoms with Crippen LogP contribution in [0, 0.1) is 11.8 Å². The Kier molecular flexibility index (Phi) is 16.5. The van der Waals surface area contributed by atoms with Crippen molar-refractivity contribution in [1.82, 2.24) is 10.4 Å². The van der Waals surface area contributed by atoms with Gasteiger partial charge in [-0.2, -0.15) is 5.10 Å². The minimum absolute atomic E-state index is 0.113. The number of carboxylic acids is 1. The largest absolute Gasteiger partial charge is 0.494 e. The van der Waals surface area contributed by atoms with E-state index in [2.05, 4.69) is 25.9 Å². The lowest BCUT2D eigenvalue weighted by Crippen LogP contribution is -2.26. The molecule has 2 N–H and O–H groups in total. The molecule has 0 radical (unpaired) electrons. The lowest BCUT2D eigenvalue weighted by molar-refractivity contribution is -0.140. The quantitative estimate of drug-likeness (QED) is 0.0199. The Morgan fingerprint density at radius 2 is 1.68 bits per heavy atom. The van der Waals surface area contributed by atoms with Gasteiger partial charge in [0.1, 0.15) is 22.2 Å². The number of hydrogen-bond acceptors (Lipinski definition) is 10. The van der Waals surface area contributed by atoms with Crippen molar-refractivity contribution in [3.05, 3.63) is 89.5 Å². The molecular formula is C45H55N3O7S. The highest BCUT2D eigenvalue weighted by Gasteiger charge is 2.29. The number of nitrogens with one attached hydrogen (secondary N) is 1. The number of thiazole rings is 1. The summed E-state index contributed by atoms with van der Waals surface area (Å²) in [6.45, 7) is 9.24. The standard InChI is InChI=1S/C45H55N3O7S/c1-4-7-8-13-26-46-48-42(43-47-38-16-11-12-17-40(38)56-43)37-29-33(22-25-39(37)55-45(52)32-20-18-31(5-2)19-21-32)36-30-34(23-24-35(36)44(50)51)53-27-14-9-10-15-28-54-41(49)6-3/h6,11-12,16-17,22-25,29-32,46H,3-5,7-10,13-15,18-21,26-28H2,1-2H3,(H,50,51). The highest BCUT2D eigenvalue weighted by atomic mass is 32.1. The van der Waals surface area contributed by atoms with Crippen molar-refractivity contribution in [3.8, 4) is 22.6 Å². The van der Waals surface area contributed by atoms with E-state index >= 15 is 0 Å². The van der Waals surface area contributed by atoms with E-state index < -0.39 is 11.9 Å². The minimum Gasteiger partial charge on any atom is -0.494 e. The van der Waals surface area contributed by atoms with Crippen molar-refractivity contribution in [2.24, 2.45) is 16.9 Å². The number of aromatic carboxylic acids is 1. The fourth-order valence-electron chi connectivity index (χ4n) is 6.95. The first-order chi connectivity index (χ1) is 27.3. The molecule has 5 rings (SSSR count). The van der Waals surface area contributed by atoms with Crippen LogP contribution in [0.1, 0.15) is 118 Å². The van der Waals surface area contributed by atoms with Gasteiger partial charge in [0.15, 0.2) is 0 Å². The number of benzene rings is 3. The maximum atomic E-state index is 13.7. The molecule has 0 saturated heterocycles. The number of rotatable bonds is 22. The predicted molar refractivity (Wildman–Crippen MR) is 223 cm³/mol. The summed E-state index contributed by atoms with van der Waals surface area (Å²) in [5.41, 5.74) is 6.34. The summed E-state index contributed by atoms with van der Waals surface area (Å²) in [5.74, 6) is -0.410. The zero-order chi connectivity index (χ0) is 39.7. The Labute approximate surface area is 334 Å². The Morgan fingerprint density at radius 3 is 2.41 bits per heavy atom. The van der Waals surface area contributed by atoms with Crippen LogP contribution in [0.4, 0.5) is 0 Å². The van der Waals surface area contributed by atoms with Gasteiger partial charge >= 0.3 is 17.9 Å². The number of hydrogen-bond donors (Lipinski definition) is 2. The molecule has 3 aromatic carbocycles. The van der Waals surface area contributed by atoms with Crippen molar-refractivity contribution in [2.45, 2.75) is 97.3 Å². The average Bonchev–Trinajstić information content (AvgIpc) is 3.65. The van der Waals surface area contributed by atoms with Crippen LogP contribution in [0.2, 0.25) is 0 Å². The first-order valence-corrected chi connectivity index (χ1v) is 20.9. The fraction of sp³-hybridized carbons (Fsp3) is 0.444. The number of carbonyl (C=O) groups is 3. The third kappa shape index (κ3) is 12.0. The number of aromatic nitrogens is 1. The predicted octanol–water partition coefficient (Wildman–Crippen LogP) is 10.4. The van der Waals surface area contributed by atoms with Gasteiger partial charge in [-0.3, -0.25) is 4.79 Å². The van der Waals surface area contributed by atoms with Crippen LogP contribution in [-0.4, -0.2) is 53.5 Å². The first-order valence-electron chi connectivity index (χ1n) is 20.1. The molecule has 298 valence electrons. The molecule has 10 nitrogen and oxygen atoms in total. The number of hydrazone groups is 1. The summed E-state index contributed by atoms with van der Waals surface area (Å²) >= 11 is 1.50. The van der Waals surface area contributed by atoms with Gasteiger partial charge in [0, 0.05) is 18.2 Å². The third-order valence-corrected chi connectivity index (χ3v) is 11.3. The van der Waals surface area contributed by atoms with E-state index in [-0.39, 0.29) is 17.5 Å². The van der Waals surface area contributed by atoms with E-state index in [1.807, 2.05) is 30.3 Å². The topological polar surface area (TPSA) is 136 Å². The van der Waals surface area contributed by atoms with E-state index in [1.165, 1.54) is 11.3 Å². The van der Waals surface area contributed by atoms with Gasteiger partial charge in [-0.25, -0.2) is 14.6 Å². The zero-order valence-corrected chi connectivity index (χ0v) is 33.5. The summed E-state index contributed by atoms with van der Waals surface area (Å²) in [7, 11) is 0. The lowest BCUT2D eigenvalue weighted by atomic mass is 9.81. The van der Waals surface area contributed by atoms with E-state index in [0.717, 1.165) is 99.8 Å². The monoisotopic (exact) mass is 781 g/mol. The number of nitrogens with zero attached hydrogens (tertiary/aromatic N) is 2. The van der Waals surface area contributed by atoms with Gasteiger partial charge in [-0.1, -0.05) is 64.3 Å². The van der Waals surface area contributed by atoms with Crippen molar-refractivity contribution >= 4 is 45.2 Å². The van der Waals surface area contributed by atoms with E-state index in [1.54, 1.807) is 30.3 Å². The van der Waals surface area contributed by atoms with Gasteiger partial charge in [0.05, 0.1) is 34.9 Å².